The van der Waals surface area contributed by atoms with Gasteiger partial charge in [-0.1, -0.05) is 47.0 Å². The Morgan fingerprint density at radius 2 is 1.32 bits per heavy atom. The monoisotopic (exact) mass is 266 g/mol. The molecule has 0 aromatic carbocycles. The van der Waals surface area contributed by atoms with Crippen LogP contribution in [0.2, 0.25) is 0 Å². The Bertz CT molecular complexity index is 308. The smallest absolute Gasteiger partial charge is 0.133 e. The van der Waals surface area contributed by atoms with Gasteiger partial charge in [0.2, 0.25) is 0 Å². The lowest BCUT2D eigenvalue weighted by Crippen LogP contribution is -2.02. The van der Waals surface area contributed by atoms with Gasteiger partial charge >= 0.3 is 0 Å². The van der Waals surface area contributed by atoms with Gasteiger partial charge in [0.05, 0.1) is 0 Å². The molecular weight excluding hydrogens is 236 g/mol. The zero-order valence-corrected chi connectivity index (χ0v) is 13.1. The van der Waals surface area contributed by atoms with Gasteiger partial charge in [-0.3, -0.25) is 9.59 Å². The van der Waals surface area contributed by atoms with Crippen LogP contribution in [0.5, 0.6) is 0 Å². The van der Waals surface area contributed by atoms with Crippen molar-refractivity contribution in [2.75, 3.05) is 0 Å². The third-order valence-corrected chi connectivity index (χ3v) is 4.87. The molecular formula is C17H30O2. The lowest BCUT2D eigenvalue weighted by atomic mass is 9.94. The zero-order chi connectivity index (χ0) is 14.4. The Balaban J connectivity index is 0.000000191. The van der Waals surface area contributed by atoms with Crippen molar-refractivity contribution in [2.24, 2.45) is 23.7 Å². The average molecular weight is 266 g/mol. The van der Waals surface area contributed by atoms with Gasteiger partial charge in [0.15, 0.2) is 0 Å². The Kier molecular flexibility index (Phi) is 6.74. The summed E-state index contributed by atoms with van der Waals surface area (Å²) in [6.45, 7) is 8.74. The number of carbonyl (C=O) groups is 2. The second-order valence-electron chi connectivity index (χ2n) is 6.57. The van der Waals surface area contributed by atoms with E-state index in [1.807, 2.05) is 0 Å². The standard InChI is InChI=1S/C9H16O.C8H14O/c1-3-4-8-6-9(10)5-7(8)2;1-3-7-5-8(9)4-6(7)2/h7-8H,3-6H2,1-2H3;6-7H,3-5H2,1-2H3/t7-,8-;6-,7-/m01/s1. The summed E-state index contributed by atoms with van der Waals surface area (Å²) in [4.78, 5) is 21.8. The van der Waals surface area contributed by atoms with Gasteiger partial charge in [-0.05, 0) is 23.7 Å². The summed E-state index contributed by atoms with van der Waals surface area (Å²) >= 11 is 0. The van der Waals surface area contributed by atoms with E-state index in [0.29, 0.717) is 35.2 Å². The zero-order valence-electron chi connectivity index (χ0n) is 13.1. The molecule has 2 saturated carbocycles. The Morgan fingerprint density at radius 1 is 0.842 bits per heavy atom. The number of hydrogen-bond donors (Lipinski definition) is 0. The number of hydrogen-bond acceptors (Lipinski definition) is 2. The van der Waals surface area contributed by atoms with E-state index in [2.05, 4.69) is 27.7 Å². The van der Waals surface area contributed by atoms with Crippen molar-refractivity contribution in [2.45, 2.75) is 72.6 Å². The Labute approximate surface area is 118 Å². The summed E-state index contributed by atoms with van der Waals surface area (Å²) in [5.41, 5.74) is 0. The number of ketones is 2. The molecule has 2 fully saturated rings. The highest BCUT2D eigenvalue weighted by Gasteiger charge is 2.28. The predicted octanol–water partition coefficient (Wildman–Crippen LogP) is 4.41. The molecule has 0 bridgehead atoms. The fraction of sp³-hybridized carbons (Fsp3) is 0.882. The van der Waals surface area contributed by atoms with Crippen LogP contribution in [0.3, 0.4) is 0 Å². The average Bonchev–Trinajstić information content (AvgIpc) is 2.83. The molecule has 0 aliphatic heterocycles. The molecule has 2 rings (SSSR count). The third kappa shape index (κ3) is 5.08. The van der Waals surface area contributed by atoms with Crippen molar-refractivity contribution >= 4 is 11.6 Å². The summed E-state index contributed by atoms with van der Waals surface area (Å²) < 4.78 is 0. The van der Waals surface area contributed by atoms with Crippen molar-refractivity contribution in [3.05, 3.63) is 0 Å². The van der Waals surface area contributed by atoms with Gasteiger partial charge in [0.25, 0.3) is 0 Å². The highest BCUT2D eigenvalue weighted by atomic mass is 16.1. The van der Waals surface area contributed by atoms with Gasteiger partial charge in [-0.25, -0.2) is 0 Å². The normalized spacial score (nSPS) is 34.3. The first-order chi connectivity index (χ1) is 8.97. The first-order valence-corrected chi connectivity index (χ1v) is 8.01. The van der Waals surface area contributed by atoms with Crippen LogP contribution in [-0.4, -0.2) is 11.6 Å². The quantitative estimate of drug-likeness (QED) is 0.758. The van der Waals surface area contributed by atoms with Crippen LogP contribution in [-0.2, 0) is 9.59 Å². The summed E-state index contributed by atoms with van der Waals surface area (Å²) in [7, 11) is 0. The molecule has 0 radical (unpaired) electrons. The molecule has 110 valence electrons. The van der Waals surface area contributed by atoms with Crippen molar-refractivity contribution in [3.8, 4) is 0 Å². The van der Waals surface area contributed by atoms with Gasteiger partial charge in [-0.2, -0.15) is 0 Å². The highest BCUT2D eigenvalue weighted by Crippen LogP contribution is 2.32. The van der Waals surface area contributed by atoms with Crippen LogP contribution in [0, 0.1) is 23.7 Å². The van der Waals surface area contributed by atoms with E-state index in [1.165, 1.54) is 19.3 Å². The van der Waals surface area contributed by atoms with Crippen LogP contribution >= 0.6 is 0 Å². The first kappa shape index (κ1) is 16.4. The van der Waals surface area contributed by atoms with Crippen molar-refractivity contribution in [3.63, 3.8) is 0 Å². The molecule has 0 spiro atoms. The first-order valence-electron chi connectivity index (χ1n) is 8.01. The van der Waals surface area contributed by atoms with E-state index < -0.39 is 0 Å². The summed E-state index contributed by atoms with van der Waals surface area (Å²) in [6.07, 6.45) is 7.01. The minimum Gasteiger partial charge on any atom is -0.300 e. The Morgan fingerprint density at radius 3 is 1.58 bits per heavy atom. The topological polar surface area (TPSA) is 34.1 Å². The van der Waals surface area contributed by atoms with Crippen molar-refractivity contribution < 1.29 is 9.59 Å². The maximum absolute atomic E-state index is 10.9. The fourth-order valence-electron chi connectivity index (χ4n) is 3.51. The summed E-state index contributed by atoms with van der Waals surface area (Å²) in [5.74, 6) is 3.66. The molecule has 0 aromatic rings. The summed E-state index contributed by atoms with van der Waals surface area (Å²) in [6, 6.07) is 0. The molecule has 2 aliphatic carbocycles. The van der Waals surface area contributed by atoms with Crippen LogP contribution in [0.25, 0.3) is 0 Å². The lowest BCUT2D eigenvalue weighted by Gasteiger charge is -2.11. The van der Waals surface area contributed by atoms with E-state index in [1.54, 1.807) is 0 Å². The van der Waals surface area contributed by atoms with Crippen LogP contribution < -0.4 is 0 Å². The largest absolute Gasteiger partial charge is 0.300 e. The molecule has 0 amide bonds. The number of Topliss-reactive ketones (excluding diaryl/α,β-unsaturated/α-hetero) is 2. The molecule has 0 N–H and O–H groups in total. The maximum Gasteiger partial charge on any atom is 0.133 e. The van der Waals surface area contributed by atoms with E-state index in [-0.39, 0.29) is 0 Å². The molecule has 0 saturated heterocycles. The van der Waals surface area contributed by atoms with Crippen LogP contribution in [0.4, 0.5) is 0 Å². The summed E-state index contributed by atoms with van der Waals surface area (Å²) in [5, 5.41) is 0. The molecule has 0 heterocycles. The van der Waals surface area contributed by atoms with Gasteiger partial charge in [0, 0.05) is 25.7 Å². The SMILES string of the molecule is CCC[C@H]1CC(=O)C[C@@H]1C.CC[C@@H]1CC(=O)C[C@H]1C. The second kappa shape index (κ2) is 7.81. The number of rotatable bonds is 3. The maximum atomic E-state index is 10.9. The van der Waals surface area contributed by atoms with Crippen molar-refractivity contribution in [1.29, 1.82) is 0 Å². The minimum absolute atomic E-state index is 0.467. The third-order valence-electron chi connectivity index (χ3n) is 4.87. The number of carbonyl (C=O) groups excluding carboxylic acids is 2. The van der Waals surface area contributed by atoms with E-state index >= 15 is 0 Å². The van der Waals surface area contributed by atoms with E-state index in [0.717, 1.165) is 25.7 Å². The molecule has 19 heavy (non-hydrogen) atoms. The van der Waals surface area contributed by atoms with E-state index in [4.69, 9.17) is 0 Å². The van der Waals surface area contributed by atoms with Gasteiger partial charge in [-0.15, -0.1) is 0 Å². The fourth-order valence-corrected chi connectivity index (χ4v) is 3.51. The van der Waals surface area contributed by atoms with Crippen LogP contribution in [0.1, 0.15) is 72.6 Å². The molecule has 0 unspecified atom stereocenters. The minimum atomic E-state index is 0.467. The van der Waals surface area contributed by atoms with Gasteiger partial charge in [0.1, 0.15) is 11.6 Å². The molecule has 4 atom stereocenters. The van der Waals surface area contributed by atoms with Crippen molar-refractivity contribution in [1.82, 2.24) is 0 Å². The highest BCUT2D eigenvalue weighted by molar-refractivity contribution is 5.81. The Hall–Kier alpha value is -0.660. The predicted molar refractivity (Wildman–Crippen MR) is 79.0 cm³/mol. The molecule has 2 nitrogen and oxygen atoms in total. The molecule has 0 aromatic heterocycles. The lowest BCUT2D eigenvalue weighted by molar-refractivity contribution is -0.118. The second-order valence-corrected chi connectivity index (χ2v) is 6.57. The van der Waals surface area contributed by atoms with Crippen LogP contribution in [0.15, 0.2) is 0 Å². The van der Waals surface area contributed by atoms with Gasteiger partial charge < -0.3 is 0 Å². The molecule has 2 aliphatic rings. The van der Waals surface area contributed by atoms with E-state index in [9.17, 15) is 9.59 Å². The molecule has 2 heteroatoms.